The van der Waals surface area contributed by atoms with Crippen LogP contribution < -0.4 is 5.32 Å². The van der Waals surface area contributed by atoms with Gasteiger partial charge in [0, 0.05) is 29.3 Å². The molecule has 2 amide bonds. The van der Waals surface area contributed by atoms with Crippen LogP contribution in [0.1, 0.15) is 25.1 Å². The molecule has 2 N–H and O–H groups in total. The van der Waals surface area contributed by atoms with Crippen LogP contribution >= 0.6 is 0 Å². The highest BCUT2D eigenvalue weighted by atomic mass is 16.5. The van der Waals surface area contributed by atoms with E-state index in [-0.39, 0.29) is 12.1 Å². The number of hydrogen-bond acceptors (Lipinski definition) is 3. The molecule has 148 valence electrons. The number of anilines is 1. The lowest BCUT2D eigenvalue weighted by Gasteiger charge is -2.19. The summed E-state index contributed by atoms with van der Waals surface area (Å²) >= 11 is 0. The monoisotopic (exact) mass is 389 g/mol. The van der Waals surface area contributed by atoms with Crippen LogP contribution in [0.5, 0.6) is 0 Å². The van der Waals surface area contributed by atoms with Gasteiger partial charge in [0.15, 0.2) is 0 Å². The minimum Gasteiger partial charge on any atom is -0.459 e. The predicted octanol–water partition coefficient (Wildman–Crippen LogP) is 4.55. The molecule has 0 radical (unpaired) electrons. The van der Waals surface area contributed by atoms with Gasteiger partial charge in [-0.3, -0.25) is 4.90 Å². The molecular weight excluding hydrogens is 366 g/mol. The summed E-state index contributed by atoms with van der Waals surface area (Å²) < 4.78 is 5.46. The van der Waals surface area contributed by atoms with Gasteiger partial charge in [-0.2, -0.15) is 0 Å². The SMILES string of the molecule is CC(C)OC(=O)C1=CN(C(=O)Nc2ccccc2)CCc2c1[nH]c1ccccc21. The molecule has 4 rings (SSSR count). The first-order valence-electron chi connectivity index (χ1n) is 9.68. The predicted molar refractivity (Wildman–Crippen MR) is 113 cm³/mol. The van der Waals surface area contributed by atoms with Gasteiger partial charge in [-0.25, -0.2) is 9.59 Å². The number of carbonyl (C=O) groups excluding carboxylic acids is 2. The lowest BCUT2D eigenvalue weighted by Crippen LogP contribution is -2.32. The maximum atomic E-state index is 12.9. The first-order valence-corrected chi connectivity index (χ1v) is 9.68. The van der Waals surface area contributed by atoms with Crippen LogP contribution in [0.15, 0.2) is 60.8 Å². The lowest BCUT2D eigenvalue weighted by molar-refractivity contribution is -0.140. The summed E-state index contributed by atoms with van der Waals surface area (Å²) in [6.45, 7) is 4.06. The van der Waals surface area contributed by atoms with E-state index in [1.54, 1.807) is 20.0 Å². The zero-order valence-electron chi connectivity index (χ0n) is 16.4. The van der Waals surface area contributed by atoms with Gasteiger partial charge in [-0.05, 0) is 44.0 Å². The molecule has 6 nitrogen and oxygen atoms in total. The topological polar surface area (TPSA) is 74.4 Å². The zero-order valence-corrected chi connectivity index (χ0v) is 16.4. The van der Waals surface area contributed by atoms with E-state index in [2.05, 4.69) is 10.3 Å². The molecule has 6 heteroatoms. The third-order valence-electron chi connectivity index (χ3n) is 4.82. The average Bonchev–Trinajstić information content (AvgIpc) is 2.95. The molecule has 2 aromatic carbocycles. The van der Waals surface area contributed by atoms with E-state index in [0.717, 1.165) is 16.5 Å². The number of hydrogen-bond donors (Lipinski definition) is 2. The summed E-state index contributed by atoms with van der Waals surface area (Å²) in [4.78, 5) is 30.6. The number of carbonyl (C=O) groups is 2. The number of aromatic amines is 1. The molecule has 0 spiro atoms. The maximum Gasteiger partial charge on any atom is 0.342 e. The van der Waals surface area contributed by atoms with Crippen LogP contribution in [0.3, 0.4) is 0 Å². The highest BCUT2D eigenvalue weighted by Gasteiger charge is 2.27. The van der Waals surface area contributed by atoms with Gasteiger partial charge in [0.1, 0.15) is 0 Å². The van der Waals surface area contributed by atoms with Crippen LogP contribution in [0.2, 0.25) is 0 Å². The Morgan fingerprint density at radius 1 is 1.07 bits per heavy atom. The van der Waals surface area contributed by atoms with Crippen molar-refractivity contribution in [3.8, 4) is 0 Å². The Bertz CT molecular complexity index is 1080. The normalized spacial score (nSPS) is 13.6. The van der Waals surface area contributed by atoms with Crippen LogP contribution in [-0.2, 0) is 16.0 Å². The molecule has 29 heavy (non-hydrogen) atoms. The molecule has 1 aliphatic heterocycles. The van der Waals surface area contributed by atoms with Crippen molar-refractivity contribution >= 4 is 34.2 Å². The van der Waals surface area contributed by atoms with Gasteiger partial charge < -0.3 is 15.0 Å². The van der Waals surface area contributed by atoms with E-state index in [9.17, 15) is 9.59 Å². The number of amides is 2. The highest BCUT2D eigenvalue weighted by Crippen LogP contribution is 2.31. The molecule has 0 saturated carbocycles. The number of fused-ring (bicyclic) bond motifs is 3. The number of nitrogens with one attached hydrogen (secondary N) is 2. The molecule has 0 unspecified atom stereocenters. The van der Waals surface area contributed by atoms with E-state index < -0.39 is 5.97 Å². The number of rotatable bonds is 3. The van der Waals surface area contributed by atoms with Crippen molar-refractivity contribution < 1.29 is 14.3 Å². The van der Waals surface area contributed by atoms with Crippen LogP contribution in [0.25, 0.3) is 16.5 Å². The molecule has 1 aromatic heterocycles. The average molecular weight is 389 g/mol. The van der Waals surface area contributed by atoms with E-state index >= 15 is 0 Å². The Morgan fingerprint density at radius 3 is 2.55 bits per heavy atom. The second kappa shape index (κ2) is 7.83. The number of para-hydroxylation sites is 2. The summed E-state index contributed by atoms with van der Waals surface area (Å²) in [7, 11) is 0. The first-order chi connectivity index (χ1) is 14.0. The lowest BCUT2D eigenvalue weighted by atomic mass is 10.0. The Morgan fingerprint density at radius 2 is 1.79 bits per heavy atom. The van der Waals surface area contributed by atoms with Crippen molar-refractivity contribution in [3.63, 3.8) is 0 Å². The Balaban J connectivity index is 1.72. The highest BCUT2D eigenvalue weighted by molar-refractivity contribution is 6.18. The van der Waals surface area contributed by atoms with E-state index in [1.807, 2.05) is 54.6 Å². The Hall–Kier alpha value is -3.54. The number of urea groups is 1. The number of benzene rings is 2. The molecule has 3 aromatic rings. The fraction of sp³-hybridized carbons (Fsp3) is 0.217. The second-order valence-electron chi connectivity index (χ2n) is 7.26. The molecule has 0 bridgehead atoms. The van der Waals surface area contributed by atoms with Crippen LogP contribution in [0, 0.1) is 0 Å². The van der Waals surface area contributed by atoms with Crippen LogP contribution in [-0.4, -0.2) is 34.5 Å². The van der Waals surface area contributed by atoms with E-state index in [4.69, 9.17) is 4.74 Å². The molecule has 0 saturated heterocycles. The van der Waals surface area contributed by atoms with Gasteiger partial charge in [0.25, 0.3) is 0 Å². The van der Waals surface area contributed by atoms with Gasteiger partial charge in [-0.1, -0.05) is 36.4 Å². The fourth-order valence-electron chi connectivity index (χ4n) is 3.52. The van der Waals surface area contributed by atoms with Crippen LogP contribution in [0.4, 0.5) is 10.5 Å². The Kier molecular flexibility index (Phi) is 5.08. The van der Waals surface area contributed by atoms with Gasteiger partial charge in [0.05, 0.1) is 17.4 Å². The quantitative estimate of drug-likeness (QED) is 0.646. The standard InChI is InChI=1S/C23H23N3O3/c1-15(2)29-22(27)19-14-26(23(28)24-16-8-4-3-5-9-16)13-12-18-17-10-6-7-11-20(17)25-21(18)19/h3-11,14-15,25H,12-13H2,1-2H3,(H,24,28). The third kappa shape index (κ3) is 3.87. The number of nitrogens with zero attached hydrogens (tertiary/aromatic N) is 1. The number of ether oxygens (including phenoxy) is 1. The summed E-state index contributed by atoms with van der Waals surface area (Å²) in [6, 6.07) is 16.9. The van der Waals surface area contributed by atoms with Crippen molar-refractivity contribution in [2.24, 2.45) is 0 Å². The van der Waals surface area contributed by atoms with E-state index in [1.165, 1.54) is 4.90 Å². The minimum absolute atomic E-state index is 0.258. The van der Waals surface area contributed by atoms with E-state index in [0.29, 0.717) is 29.9 Å². The maximum absolute atomic E-state index is 12.9. The largest absolute Gasteiger partial charge is 0.459 e. The summed E-state index contributed by atoms with van der Waals surface area (Å²) in [5, 5.41) is 3.93. The van der Waals surface area contributed by atoms with Gasteiger partial charge >= 0.3 is 12.0 Å². The smallest absolute Gasteiger partial charge is 0.342 e. The van der Waals surface area contributed by atoms with Crippen molar-refractivity contribution in [3.05, 3.63) is 72.1 Å². The third-order valence-corrected chi connectivity index (χ3v) is 4.82. The molecular formula is C23H23N3O3. The zero-order chi connectivity index (χ0) is 20.4. The molecule has 0 atom stereocenters. The molecule has 1 aliphatic rings. The number of aromatic nitrogens is 1. The van der Waals surface area contributed by atoms with Crippen molar-refractivity contribution in [1.82, 2.24) is 9.88 Å². The summed E-state index contributed by atoms with van der Waals surface area (Å²) in [6.07, 6.45) is 1.95. The summed E-state index contributed by atoms with van der Waals surface area (Å²) in [5.41, 5.74) is 3.74. The Labute approximate surface area is 169 Å². The molecule has 2 heterocycles. The number of esters is 1. The van der Waals surface area contributed by atoms with Crippen molar-refractivity contribution in [2.45, 2.75) is 26.4 Å². The fourth-order valence-corrected chi connectivity index (χ4v) is 3.52. The first kappa shape index (κ1) is 18.8. The molecule has 0 aliphatic carbocycles. The van der Waals surface area contributed by atoms with Gasteiger partial charge in [0.2, 0.25) is 0 Å². The summed E-state index contributed by atoms with van der Waals surface area (Å²) in [5.74, 6) is -0.452. The second-order valence-corrected chi connectivity index (χ2v) is 7.26. The minimum atomic E-state index is -0.452. The van der Waals surface area contributed by atoms with Crippen molar-refractivity contribution in [1.29, 1.82) is 0 Å². The van der Waals surface area contributed by atoms with Crippen molar-refractivity contribution in [2.75, 3.05) is 11.9 Å². The molecule has 0 fully saturated rings. The number of H-pyrrole nitrogens is 1. The van der Waals surface area contributed by atoms with Gasteiger partial charge in [-0.15, -0.1) is 0 Å².